The number of rotatable bonds is 3. The number of Topliss-reactive ketones (excluding diaryl/α,β-unsaturated/α-hetero) is 1. The molecular weight excluding hydrogens is 388 g/mol. The van der Waals surface area contributed by atoms with Crippen molar-refractivity contribution in [1.82, 2.24) is 0 Å². The summed E-state index contributed by atoms with van der Waals surface area (Å²) >= 11 is 0. The fourth-order valence-corrected chi connectivity index (χ4v) is 8.42. The zero-order chi connectivity index (χ0) is 21.5. The number of hydrogen-bond acceptors (Lipinski definition) is 7. The van der Waals surface area contributed by atoms with Gasteiger partial charge in [-0.2, -0.15) is 0 Å². The molecule has 1 aliphatic heterocycles. The lowest BCUT2D eigenvalue weighted by molar-refractivity contribution is -0.235. The van der Waals surface area contributed by atoms with E-state index in [2.05, 4.69) is 6.92 Å². The molecule has 0 unspecified atom stereocenters. The van der Waals surface area contributed by atoms with E-state index in [0.717, 1.165) is 25.7 Å². The van der Waals surface area contributed by atoms with E-state index in [1.807, 2.05) is 0 Å². The van der Waals surface area contributed by atoms with Crippen LogP contribution in [0.4, 0.5) is 0 Å². The summed E-state index contributed by atoms with van der Waals surface area (Å²) in [6.07, 6.45) is 4.03. The quantitative estimate of drug-likeness (QED) is 0.513. The number of esters is 3. The number of hydrogen-bond donors (Lipinski definition) is 0. The molecule has 5 aliphatic rings. The highest BCUT2D eigenvalue weighted by molar-refractivity contribution is 5.86. The molecule has 4 aliphatic carbocycles. The summed E-state index contributed by atoms with van der Waals surface area (Å²) in [5.41, 5.74) is -1.60. The van der Waals surface area contributed by atoms with Gasteiger partial charge in [0, 0.05) is 37.5 Å². The molecule has 0 aromatic rings. The average molecular weight is 418 g/mol. The van der Waals surface area contributed by atoms with Gasteiger partial charge in [0.1, 0.15) is 30.0 Å². The number of ketones is 1. The zero-order valence-electron chi connectivity index (χ0n) is 17.9. The minimum absolute atomic E-state index is 0.00594. The maximum Gasteiger partial charge on any atom is 0.316 e. The molecule has 164 valence electrons. The Hall–Kier alpha value is -1.92. The molecule has 0 N–H and O–H groups in total. The van der Waals surface area contributed by atoms with E-state index in [9.17, 15) is 19.2 Å². The van der Waals surface area contributed by atoms with Gasteiger partial charge >= 0.3 is 17.9 Å². The van der Waals surface area contributed by atoms with Crippen LogP contribution in [0.1, 0.15) is 65.7 Å². The van der Waals surface area contributed by atoms with Gasteiger partial charge in [0.25, 0.3) is 0 Å². The van der Waals surface area contributed by atoms with Crippen LogP contribution in [-0.2, 0) is 33.4 Å². The Morgan fingerprint density at radius 1 is 1.13 bits per heavy atom. The van der Waals surface area contributed by atoms with Crippen molar-refractivity contribution in [3.05, 3.63) is 0 Å². The second kappa shape index (κ2) is 6.30. The predicted octanol–water partition coefficient (Wildman–Crippen LogP) is 2.59. The zero-order valence-corrected chi connectivity index (χ0v) is 17.9. The van der Waals surface area contributed by atoms with Crippen molar-refractivity contribution in [3.8, 4) is 0 Å². The van der Waals surface area contributed by atoms with Crippen LogP contribution in [0.2, 0.25) is 0 Å². The molecular formula is C23H30O7. The van der Waals surface area contributed by atoms with Crippen LogP contribution in [-0.4, -0.2) is 42.5 Å². The Morgan fingerprint density at radius 3 is 2.60 bits per heavy atom. The van der Waals surface area contributed by atoms with Gasteiger partial charge in [-0.15, -0.1) is 0 Å². The van der Waals surface area contributed by atoms with Crippen molar-refractivity contribution in [2.75, 3.05) is 6.61 Å². The van der Waals surface area contributed by atoms with Gasteiger partial charge in [-0.25, -0.2) is 0 Å². The molecule has 7 nitrogen and oxygen atoms in total. The van der Waals surface area contributed by atoms with Gasteiger partial charge in [0.05, 0.1) is 0 Å². The lowest BCUT2D eigenvalue weighted by atomic mass is 9.40. The summed E-state index contributed by atoms with van der Waals surface area (Å²) in [6.45, 7) is 4.96. The first-order chi connectivity index (χ1) is 14.1. The number of fused-ring (bicyclic) bond motifs is 2. The highest BCUT2D eigenvalue weighted by Crippen LogP contribution is 2.73. The molecule has 2 bridgehead atoms. The third-order valence-corrected chi connectivity index (χ3v) is 9.19. The molecule has 1 spiro atoms. The second-order valence-corrected chi connectivity index (χ2v) is 10.6. The van der Waals surface area contributed by atoms with Crippen LogP contribution >= 0.6 is 0 Å². The topological polar surface area (TPSA) is 96.0 Å². The van der Waals surface area contributed by atoms with E-state index in [0.29, 0.717) is 19.3 Å². The van der Waals surface area contributed by atoms with Gasteiger partial charge in [-0.3, -0.25) is 19.2 Å². The number of ether oxygens (including phenoxy) is 3. The van der Waals surface area contributed by atoms with Crippen molar-refractivity contribution in [3.63, 3.8) is 0 Å². The first kappa shape index (κ1) is 20.0. The molecule has 5 fully saturated rings. The SMILES string of the molecule is CC(=O)OC[C@@]12CCC[C@]3(C)[C@@H]1[C@@H](OC2=O)[C@H](OC(C)=O)[C@]12CC(=O)[C@H](CC[C@@H]31)C2. The highest BCUT2D eigenvalue weighted by Gasteiger charge is 2.77. The van der Waals surface area contributed by atoms with Crippen molar-refractivity contribution < 1.29 is 33.4 Å². The van der Waals surface area contributed by atoms with Crippen molar-refractivity contribution in [2.24, 2.45) is 34.0 Å². The largest absolute Gasteiger partial charge is 0.465 e. The minimum Gasteiger partial charge on any atom is -0.465 e. The summed E-state index contributed by atoms with van der Waals surface area (Å²) in [5.74, 6) is -0.935. The molecule has 4 saturated carbocycles. The third kappa shape index (κ3) is 2.38. The van der Waals surface area contributed by atoms with Crippen molar-refractivity contribution in [1.29, 1.82) is 0 Å². The van der Waals surface area contributed by atoms with E-state index < -0.39 is 35.0 Å². The third-order valence-electron chi connectivity index (χ3n) is 9.19. The number of carbonyl (C=O) groups excluding carboxylic acids is 4. The molecule has 1 heterocycles. The standard InChI is InChI=1S/C23H30O7/c1-12(24)28-11-22-8-4-7-21(3)16-6-5-14-9-23(16,10-15(14)26)19(29-13(2)25)17(18(21)22)30-20(22)27/h14,16-19H,4-11H2,1-3H3/t14-,16+,17-,18+,19+,21+,22+,23-/m1/s1. The first-order valence-electron chi connectivity index (χ1n) is 11.2. The predicted molar refractivity (Wildman–Crippen MR) is 103 cm³/mol. The van der Waals surface area contributed by atoms with E-state index in [4.69, 9.17) is 14.2 Å². The van der Waals surface area contributed by atoms with Crippen molar-refractivity contribution >= 4 is 23.7 Å². The fraction of sp³-hybridized carbons (Fsp3) is 0.826. The van der Waals surface area contributed by atoms with Crippen LogP contribution in [0.15, 0.2) is 0 Å². The average Bonchev–Trinajstić information content (AvgIpc) is 3.10. The minimum atomic E-state index is -0.900. The van der Waals surface area contributed by atoms with Crippen molar-refractivity contribution in [2.45, 2.75) is 77.9 Å². The maximum absolute atomic E-state index is 13.3. The molecule has 30 heavy (non-hydrogen) atoms. The lowest BCUT2D eigenvalue weighted by Gasteiger charge is -2.64. The van der Waals surface area contributed by atoms with Gasteiger partial charge in [-0.05, 0) is 43.4 Å². The van der Waals surface area contributed by atoms with Crippen LogP contribution in [0.5, 0.6) is 0 Å². The summed E-state index contributed by atoms with van der Waals surface area (Å²) in [7, 11) is 0. The molecule has 0 aromatic carbocycles. The molecule has 8 atom stereocenters. The smallest absolute Gasteiger partial charge is 0.316 e. The Labute approximate surface area is 176 Å². The van der Waals surface area contributed by atoms with E-state index in [1.54, 1.807) is 0 Å². The van der Waals surface area contributed by atoms with Gasteiger partial charge in [-0.1, -0.05) is 13.3 Å². The summed E-state index contributed by atoms with van der Waals surface area (Å²) < 4.78 is 17.3. The summed E-state index contributed by atoms with van der Waals surface area (Å²) in [4.78, 5) is 49.8. The van der Waals surface area contributed by atoms with Crippen LogP contribution < -0.4 is 0 Å². The van der Waals surface area contributed by atoms with E-state index >= 15 is 0 Å². The molecule has 5 rings (SSSR count). The van der Waals surface area contributed by atoms with Crippen LogP contribution in [0.3, 0.4) is 0 Å². The van der Waals surface area contributed by atoms with Crippen LogP contribution in [0.25, 0.3) is 0 Å². The second-order valence-electron chi connectivity index (χ2n) is 10.6. The normalized spacial score (nSPS) is 48.4. The lowest BCUT2D eigenvalue weighted by Crippen LogP contribution is -2.67. The maximum atomic E-state index is 13.3. The molecule has 0 aromatic heterocycles. The molecule has 0 amide bonds. The van der Waals surface area contributed by atoms with E-state index in [1.165, 1.54) is 13.8 Å². The molecule has 1 saturated heterocycles. The first-order valence-corrected chi connectivity index (χ1v) is 11.2. The Balaban J connectivity index is 1.65. The Morgan fingerprint density at radius 2 is 1.90 bits per heavy atom. The van der Waals surface area contributed by atoms with E-state index in [-0.39, 0.29) is 41.5 Å². The highest BCUT2D eigenvalue weighted by atomic mass is 16.6. The number of carbonyl (C=O) groups is 4. The van der Waals surface area contributed by atoms with Crippen LogP contribution in [0, 0.1) is 34.0 Å². The molecule has 7 heteroatoms. The summed E-state index contributed by atoms with van der Waals surface area (Å²) in [6, 6.07) is 0. The van der Waals surface area contributed by atoms with Gasteiger partial charge in [0.2, 0.25) is 0 Å². The molecule has 0 radical (unpaired) electrons. The Kier molecular flexibility index (Phi) is 4.20. The monoisotopic (exact) mass is 418 g/mol. The Bertz CT molecular complexity index is 835. The van der Waals surface area contributed by atoms with Gasteiger partial charge in [0.15, 0.2) is 0 Å². The van der Waals surface area contributed by atoms with Gasteiger partial charge < -0.3 is 14.2 Å². The summed E-state index contributed by atoms with van der Waals surface area (Å²) in [5, 5.41) is 0. The fourth-order valence-electron chi connectivity index (χ4n) is 8.42.